The molecule has 6 heteroatoms. The van der Waals surface area contributed by atoms with Crippen LogP contribution in [-0.4, -0.2) is 41.1 Å². The summed E-state index contributed by atoms with van der Waals surface area (Å²) in [4.78, 5) is 21.2. The first-order valence-electron chi connectivity index (χ1n) is 6.48. The molecule has 21 heavy (non-hydrogen) atoms. The Balaban J connectivity index is 1.92. The molecule has 0 radical (unpaired) electrons. The van der Waals surface area contributed by atoms with Crippen LogP contribution in [0.15, 0.2) is 41.7 Å². The van der Waals surface area contributed by atoms with Gasteiger partial charge < -0.3 is 14.7 Å². The molecule has 108 valence electrons. The molecule has 1 atom stereocenters. The van der Waals surface area contributed by atoms with Crippen molar-refractivity contribution in [3.05, 3.63) is 42.1 Å². The number of nitrogens with zero attached hydrogens (tertiary/aromatic N) is 2. The Bertz CT molecular complexity index is 728. The maximum absolute atomic E-state index is 11.8. The molecule has 0 bridgehead atoms. The largest absolute Gasteiger partial charge is 0.466 e. The number of aliphatic hydroxyl groups is 1. The quantitative estimate of drug-likeness (QED) is 0.859. The molecule has 0 amide bonds. The molecule has 1 N–H and O–H groups in total. The zero-order chi connectivity index (χ0) is 14.9. The fourth-order valence-corrected chi connectivity index (χ4v) is 2.33. The number of hydrogen-bond donors (Lipinski definition) is 1. The van der Waals surface area contributed by atoms with Crippen molar-refractivity contribution >= 4 is 22.6 Å². The predicted octanol–water partition coefficient (Wildman–Crippen LogP) is 1.26. The lowest BCUT2D eigenvalue weighted by atomic mass is 9.94. The van der Waals surface area contributed by atoms with Crippen LogP contribution < -0.4 is 0 Å². The van der Waals surface area contributed by atoms with E-state index in [1.807, 2.05) is 30.3 Å². The van der Waals surface area contributed by atoms with Crippen LogP contribution in [0, 0.1) is 0 Å². The van der Waals surface area contributed by atoms with Gasteiger partial charge in [-0.3, -0.25) is 4.98 Å². The summed E-state index contributed by atoms with van der Waals surface area (Å²) < 4.78 is 4.68. The van der Waals surface area contributed by atoms with Crippen molar-refractivity contribution in [3.8, 4) is 0 Å². The Morgan fingerprint density at radius 2 is 2.33 bits per heavy atom. The molecule has 2 aromatic rings. The molecule has 0 fully saturated rings. The number of hydrogen-bond acceptors (Lipinski definition) is 6. The Morgan fingerprint density at radius 3 is 3.10 bits per heavy atom. The Morgan fingerprint density at radius 1 is 1.48 bits per heavy atom. The first-order valence-corrected chi connectivity index (χ1v) is 6.48. The van der Waals surface area contributed by atoms with Crippen LogP contribution in [0.5, 0.6) is 0 Å². The van der Waals surface area contributed by atoms with Gasteiger partial charge >= 0.3 is 5.97 Å². The molecular weight excluding hydrogens is 272 g/mol. The molecule has 1 aromatic carbocycles. The molecule has 3 rings (SSSR count). The van der Waals surface area contributed by atoms with Gasteiger partial charge in [0.25, 0.3) is 5.60 Å². The highest BCUT2D eigenvalue weighted by Gasteiger charge is 2.47. The van der Waals surface area contributed by atoms with E-state index >= 15 is 0 Å². The van der Waals surface area contributed by atoms with Gasteiger partial charge in [-0.2, -0.15) is 0 Å². The van der Waals surface area contributed by atoms with Crippen molar-refractivity contribution in [1.29, 1.82) is 0 Å². The van der Waals surface area contributed by atoms with Crippen molar-refractivity contribution in [2.75, 3.05) is 13.7 Å². The van der Waals surface area contributed by atoms with Gasteiger partial charge in [0.2, 0.25) is 0 Å². The number of rotatable bonds is 3. The Labute approximate surface area is 121 Å². The van der Waals surface area contributed by atoms with Crippen molar-refractivity contribution < 1.29 is 19.5 Å². The van der Waals surface area contributed by atoms with E-state index in [4.69, 9.17) is 4.84 Å². The van der Waals surface area contributed by atoms with Gasteiger partial charge in [-0.1, -0.05) is 17.3 Å². The second-order valence-electron chi connectivity index (χ2n) is 4.86. The number of oxime groups is 1. The van der Waals surface area contributed by atoms with E-state index in [2.05, 4.69) is 14.9 Å². The lowest BCUT2D eigenvalue weighted by Gasteiger charge is -2.20. The zero-order valence-electron chi connectivity index (χ0n) is 11.4. The molecule has 0 aliphatic carbocycles. The summed E-state index contributed by atoms with van der Waals surface area (Å²) in [6, 6.07) is 9.47. The van der Waals surface area contributed by atoms with Gasteiger partial charge in [0.05, 0.1) is 24.9 Å². The summed E-state index contributed by atoms with van der Waals surface area (Å²) in [5.74, 6) is -0.633. The highest BCUT2D eigenvalue weighted by Crippen LogP contribution is 2.28. The molecule has 1 aliphatic rings. The molecule has 0 saturated heterocycles. The summed E-state index contributed by atoms with van der Waals surface area (Å²) in [6.45, 7) is -0.484. The van der Waals surface area contributed by atoms with Crippen LogP contribution in [-0.2, 0) is 14.4 Å². The first-order chi connectivity index (χ1) is 10.2. The van der Waals surface area contributed by atoms with E-state index in [1.165, 1.54) is 7.11 Å². The van der Waals surface area contributed by atoms with Crippen LogP contribution in [0.4, 0.5) is 0 Å². The van der Waals surface area contributed by atoms with Gasteiger partial charge in [-0.25, -0.2) is 4.79 Å². The van der Waals surface area contributed by atoms with Crippen molar-refractivity contribution in [3.63, 3.8) is 0 Å². The number of ether oxygens (including phenoxy) is 1. The van der Waals surface area contributed by atoms with Crippen molar-refractivity contribution in [2.24, 2.45) is 5.16 Å². The number of esters is 1. The van der Waals surface area contributed by atoms with Crippen LogP contribution >= 0.6 is 0 Å². The lowest BCUT2D eigenvalue weighted by molar-refractivity contribution is -0.171. The van der Waals surface area contributed by atoms with Gasteiger partial charge in [0.1, 0.15) is 0 Å². The van der Waals surface area contributed by atoms with Crippen molar-refractivity contribution in [1.82, 2.24) is 4.98 Å². The third kappa shape index (κ3) is 2.23. The third-order valence-corrected chi connectivity index (χ3v) is 3.53. The average Bonchev–Trinajstić information content (AvgIpc) is 2.99. The zero-order valence-corrected chi connectivity index (χ0v) is 11.4. The fraction of sp³-hybridized carbons (Fsp3) is 0.267. The number of aliphatic hydroxyl groups excluding tert-OH is 1. The molecule has 1 aromatic heterocycles. The minimum absolute atomic E-state index is 0.169. The predicted molar refractivity (Wildman–Crippen MR) is 75.8 cm³/mol. The summed E-state index contributed by atoms with van der Waals surface area (Å²) >= 11 is 0. The molecule has 0 spiro atoms. The summed E-state index contributed by atoms with van der Waals surface area (Å²) in [5, 5.41) is 14.4. The Hall–Kier alpha value is -2.47. The van der Waals surface area contributed by atoms with E-state index in [-0.39, 0.29) is 6.42 Å². The number of pyridine rings is 1. The normalized spacial score (nSPS) is 21.0. The SMILES string of the molecule is COC(=O)C1(CO)CC(c2ccc3ncccc3c2)=NO1. The third-order valence-electron chi connectivity index (χ3n) is 3.53. The van der Waals surface area contributed by atoms with Gasteiger partial charge in [0, 0.05) is 23.6 Å². The monoisotopic (exact) mass is 286 g/mol. The topological polar surface area (TPSA) is 81.0 Å². The molecular formula is C15H14N2O4. The van der Waals surface area contributed by atoms with Crippen molar-refractivity contribution in [2.45, 2.75) is 12.0 Å². The second-order valence-corrected chi connectivity index (χ2v) is 4.86. The molecule has 6 nitrogen and oxygen atoms in total. The van der Waals surface area contributed by atoms with Gasteiger partial charge in [-0.05, 0) is 18.2 Å². The van der Waals surface area contributed by atoms with Crippen LogP contribution in [0.2, 0.25) is 0 Å². The van der Waals surface area contributed by atoms with E-state index in [1.54, 1.807) is 6.20 Å². The smallest absolute Gasteiger partial charge is 0.356 e. The van der Waals surface area contributed by atoms with E-state index < -0.39 is 18.2 Å². The van der Waals surface area contributed by atoms with Crippen LogP contribution in [0.3, 0.4) is 0 Å². The van der Waals surface area contributed by atoms with E-state index in [0.29, 0.717) is 5.71 Å². The van der Waals surface area contributed by atoms with E-state index in [9.17, 15) is 9.90 Å². The number of carbonyl (C=O) groups is 1. The number of benzene rings is 1. The fourth-order valence-electron chi connectivity index (χ4n) is 2.33. The highest BCUT2D eigenvalue weighted by molar-refractivity contribution is 6.06. The van der Waals surface area contributed by atoms with Gasteiger partial charge in [-0.15, -0.1) is 0 Å². The van der Waals surface area contributed by atoms with Crippen LogP contribution in [0.1, 0.15) is 12.0 Å². The number of aromatic nitrogens is 1. The molecule has 0 saturated carbocycles. The molecule has 1 aliphatic heterocycles. The summed E-state index contributed by atoms with van der Waals surface area (Å²) in [5.41, 5.74) is 0.866. The molecule has 2 heterocycles. The average molecular weight is 286 g/mol. The lowest BCUT2D eigenvalue weighted by Crippen LogP contribution is -2.43. The summed E-state index contributed by atoms with van der Waals surface area (Å²) in [7, 11) is 1.25. The highest BCUT2D eigenvalue weighted by atomic mass is 16.7. The maximum atomic E-state index is 11.8. The standard InChI is InChI=1S/C15H14N2O4/c1-20-14(19)15(9-18)8-13(17-21-15)11-4-5-12-10(7-11)3-2-6-16-12/h2-7,18H,8-9H2,1H3. The first kappa shape index (κ1) is 13.5. The minimum Gasteiger partial charge on any atom is -0.466 e. The maximum Gasteiger partial charge on any atom is 0.356 e. The number of methoxy groups -OCH3 is 1. The molecule has 1 unspecified atom stereocenters. The van der Waals surface area contributed by atoms with Gasteiger partial charge in [0.15, 0.2) is 0 Å². The second kappa shape index (κ2) is 5.14. The van der Waals surface area contributed by atoms with Crippen LogP contribution in [0.25, 0.3) is 10.9 Å². The summed E-state index contributed by atoms with van der Waals surface area (Å²) in [6.07, 6.45) is 1.90. The minimum atomic E-state index is -1.44. The van der Waals surface area contributed by atoms with E-state index in [0.717, 1.165) is 16.5 Å². The number of carbonyl (C=O) groups excluding carboxylic acids is 1. The Kier molecular flexibility index (Phi) is 3.31. The number of fused-ring (bicyclic) bond motifs is 1.